The van der Waals surface area contributed by atoms with Crippen molar-refractivity contribution in [3.05, 3.63) is 22.7 Å². The summed E-state index contributed by atoms with van der Waals surface area (Å²) in [6.45, 7) is 2.27. The third-order valence-corrected chi connectivity index (χ3v) is 5.33. The van der Waals surface area contributed by atoms with Crippen molar-refractivity contribution in [1.29, 1.82) is 0 Å². The van der Waals surface area contributed by atoms with E-state index in [1.165, 1.54) is 19.3 Å². The highest BCUT2D eigenvalue weighted by atomic mass is 79.9. The van der Waals surface area contributed by atoms with Gasteiger partial charge in [-0.25, -0.2) is 4.68 Å². The molecule has 0 bridgehead atoms. The highest BCUT2D eigenvalue weighted by Gasteiger charge is 2.26. The first-order chi connectivity index (χ1) is 10.2. The van der Waals surface area contributed by atoms with Gasteiger partial charge in [-0.3, -0.25) is 0 Å². The van der Waals surface area contributed by atoms with E-state index in [0.29, 0.717) is 11.7 Å². The van der Waals surface area contributed by atoms with Gasteiger partial charge in [0.1, 0.15) is 0 Å². The number of rotatable bonds is 3. The van der Waals surface area contributed by atoms with Gasteiger partial charge >= 0.3 is 0 Å². The second kappa shape index (κ2) is 6.13. The Morgan fingerprint density at radius 2 is 2.24 bits per heavy atom. The van der Waals surface area contributed by atoms with E-state index in [9.17, 15) is 0 Å². The molecule has 2 unspecified atom stereocenters. The normalized spacial score (nSPS) is 22.4. The smallest absolute Gasteiger partial charge is 0.183 e. The van der Waals surface area contributed by atoms with Crippen molar-refractivity contribution in [2.45, 2.75) is 45.1 Å². The van der Waals surface area contributed by atoms with Gasteiger partial charge in [0.15, 0.2) is 5.82 Å². The fourth-order valence-electron chi connectivity index (χ4n) is 3.19. The van der Waals surface area contributed by atoms with Crippen molar-refractivity contribution in [2.75, 3.05) is 5.73 Å². The molecule has 3 rings (SSSR count). The van der Waals surface area contributed by atoms with E-state index in [2.05, 4.69) is 38.4 Å². The van der Waals surface area contributed by atoms with Gasteiger partial charge in [0.2, 0.25) is 0 Å². The van der Waals surface area contributed by atoms with Gasteiger partial charge in [-0.1, -0.05) is 32.3 Å². The van der Waals surface area contributed by atoms with Crippen LogP contribution in [-0.2, 0) is 0 Å². The van der Waals surface area contributed by atoms with Crippen LogP contribution >= 0.6 is 15.9 Å². The monoisotopic (exact) mass is 349 g/mol. The minimum absolute atomic E-state index is 0.391. The first kappa shape index (κ1) is 14.5. The molecule has 21 heavy (non-hydrogen) atoms. The molecular weight excluding hydrogens is 330 g/mol. The Bertz CT molecular complexity index is 624. The molecule has 1 saturated carbocycles. The molecule has 2 N–H and O–H groups in total. The summed E-state index contributed by atoms with van der Waals surface area (Å²) in [5.74, 6) is 1.58. The average molecular weight is 350 g/mol. The van der Waals surface area contributed by atoms with Crippen LogP contribution in [0.2, 0.25) is 0 Å². The van der Waals surface area contributed by atoms with Crippen molar-refractivity contribution >= 4 is 21.6 Å². The minimum Gasteiger partial charge on any atom is -0.398 e. The topological polar surface area (TPSA) is 69.6 Å². The third-order valence-electron chi connectivity index (χ3n) is 4.44. The van der Waals surface area contributed by atoms with Gasteiger partial charge < -0.3 is 5.73 Å². The molecule has 1 aromatic heterocycles. The van der Waals surface area contributed by atoms with Gasteiger partial charge in [-0.15, -0.1) is 5.10 Å². The number of nitrogens with two attached hydrogens (primary N) is 1. The van der Waals surface area contributed by atoms with Crippen molar-refractivity contribution in [1.82, 2.24) is 20.2 Å². The van der Waals surface area contributed by atoms with E-state index in [4.69, 9.17) is 5.73 Å². The number of hydrogen-bond acceptors (Lipinski definition) is 4. The standard InChI is InChI=1S/C15H20BrN5/c1-2-10-5-3-6-11(9-10)21-15(18-19-20-21)12-7-4-8-13(17)14(12)16/h4,7-8,10-11H,2-3,5-6,9,17H2,1H3. The fraction of sp³-hybridized carbons (Fsp3) is 0.533. The first-order valence-electron chi connectivity index (χ1n) is 7.53. The molecule has 2 atom stereocenters. The SMILES string of the molecule is CCC1CCCC(n2nnnc2-c2cccc(N)c2Br)C1. The molecule has 0 saturated heterocycles. The number of benzene rings is 1. The lowest BCUT2D eigenvalue weighted by atomic mass is 9.84. The Hall–Kier alpha value is -1.43. The van der Waals surface area contributed by atoms with Crippen molar-refractivity contribution in [3.8, 4) is 11.4 Å². The van der Waals surface area contributed by atoms with Crippen LogP contribution in [0, 0.1) is 5.92 Å². The quantitative estimate of drug-likeness (QED) is 0.855. The van der Waals surface area contributed by atoms with E-state index in [1.807, 2.05) is 22.9 Å². The number of aromatic nitrogens is 4. The predicted octanol–water partition coefficient (Wildman–Crippen LogP) is 3.83. The number of halogens is 1. The number of nitrogen functional groups attached to an aromatic ring is 1. The van der Waals surface area contributed by atoms with E-state index in [-0.39, 0.29) is 0 Å². The Kier molecular flexibility index (Phi) is 4.24. The van der Waals surface area contributed by atoms with E-state index < -0.39 is 0 Å². The summed E-state index contributed by atoms with van der Waals surface area (Å²) < 4.78 is 2.85. The summed E-state index contributed by atoms with van der Waals surface area (Å²) in [6.07, 6.45) is 6.12. The molecule has 0 radical (unpaired) electrons. The molecule has 1 heterocycles. The molecule has 2 aromatic rings. The molecule has 5 nitrogen and oxygen atoms in total. The van der Waals surface area contributed by atoms with Crippen molar-refractivity contribution in [3.63, 3.8) is 0 Å². The second-order valence-electron chi connectivity index (χ2n) is 5.75. The molecule has 112 valence electrons. The molecule has 0 amide bonds. The molecule has 1 aliphatic carbocycles. The summed E-state index contributed by atoms with van der Waals surface area (Å²) in [6, 6.07) is 6.20. The Balaban J connectivity index is 1.95. The lowest BCUT2D eigenvalue weighted by molar-refractivity contribution is 0.246. The second-order valence-corrected chi connectivity index (χ2v) is 6.54. The zero-order chi connectivity index (χ0) is 14.8. The first-order valence-corrected chi connectivity index (χ1v) is 8.32. The fourth-order valence-corrected chi connectivity index (χ4v) is 3.64. The lowest BCUT2D eigenvalue weighted by Crippen LogP contribution is -2.20. The van der Waals surface area contributed by atoms with Gasteiger partial charge in [-0.2, -0.15) is 0 Å². The van der Waals surface area contributed by atoms with Crippen LogP contribution in [0.4, 0.5) is 5.69 Å². The average Bonchev–Trinajstić information content (AvgIpc) is 2.99. The Morgan fingerprint density at radius 3 is 3.05 bits per heavy atom. The molecule has 1 aromatic carbocycles. The molecule has 1 aliphatic rings. The van der Waals surface area contributed by atoms with Crippen molar-refractivity contribution in [2.24, 2.45) is 5.92 Å². The van der Waals surface area contributed by atoms with Crippen LogP contribution in [0.15, 0.2) is 22.7 Å². The molecule has 0 aliphatic heterocycles. The number of hydrogen-bond donors (Lipinski definition) is 1. The molecule has 6 heteroatoms. The lowest BCUT2D eigenvalue weighted by Gasteiger charge is -2.28. The number of anilines is 1. The van der Waals surface area contributed by atoms with Gasteiger partial charge in [0.25, 0.3) is 0 Å². The maximum atomic E-state index is 5.97. The van der Waals surface area contributed by atoms with Crippen LogP contribution < -0.4 is 5.73 Å². The Morgan fingerprint density at radius 1 is 1.38 bits per heavy atom. The van der Waals surface area contributed by atoms with Gasteiger partial charge in [0.05, 0.1) is 10.5 Å². The van der Waals surface area contributed by atoms with Gasteiger partial charge in [0, 0.05) is 11.3 Å². The van der Waals surface area contributed by atoms with Crippen LogP contribution in [0.3, 0.4) is 0 Å². The molecule has 0 spiro atoms. The van der Waals surface area contributed by atoms with Crippen LogP contribution in [-0.4, -0.2) is 20.2 Å². The summed E-state index contributed by atoms with van der Waals surface area (Å²) in [5.41, 5.74) is 7.64. The molecule has 1 fully saturated rings. The number of tetrazole rings is 1. The highest BCUT2D eigenvalue weighted by molar-refractivity contribution is 9.10. The minimum atomic E-state index is 0.391. The zero-order valence-electron chi connectivity index (χ0n) is 12.2. The van der Waals surface area contributed by atoms with Crippen LogP contribution in [0.1, 0.15) is 45.1 Å². The summed E-state index contributed by atoms with van der Waals surface area (Å²) in [7, 11) is 0. The van der Waals surface area contributed by atoms with Crippen molar-refractivity contribution < 1.29 is 0 Å². The molecular formula is C15H20BrN5. The maximum Gasteiger partial charge on any atom is 0.183 e. The third kappa shape index (κ3) is 2.81. The van der Waals surface area contributed by atoms with E-state index in [0.717, 1.165) is 34.6 Å². The Labute approximate surface area is 133 Å². The van der Waals surface area contributed by atoms with E-state index >= 15 is 0 Å². The largest absolute Gasteiger partial charge is 0.398 e. The summed E-state index contributed by atoms with van der Waals surface area (Å²) in [4.78, 5) is 0. The maximum absolute atomic E-state index is 5.97. The zero-order valence-corrected chi connectivity index (χ0v) is 13.8. The van der Waals surface area contributed by atoms with E-state index in [1.54, 1.807) is 0 Å². The van der Waals surface area contributed by atoms with Crippen LogP contribution in [0.5, 0.6) is 0 Å². The summed E-state index contributed by atoms with van der Waals surface area (Å²) >= 11 is 3.55. The van der Waals surface area contributed by atoms with Crippen LogP contribution in [0.25, 0.3) is 11.4 Å². The predicted molar refractivity (Wildman–Crippen MR) is 86.7 cm³/mol. The number of nitrogens with zero attached hydrogens (tertiary/aromatic N) is 4. The summed E-state index contributed by atoms with van der Waals surface area (Å²) in [5, 5.41) is 12.4. The highest BCUT2D eigenvalue weighted by Crippen LogP contribution is 2.37. The van der Waals surface area contributed by atoms with Gasteiger partial charge in [-0.05, 0) is 57.2 Å².